The highest BCUT2D eigenvalue weighted by atomic mass is 32.2. The van der Waals surface area contributed by atoms with Crippen LogP contribution in [0, 0.1) is 5.82 Å². The second-order valence-corrected chi connectivity index (χ2v) is 11.2. The van der Waals surface area contributed by atoms with Gasteiger partial charge in [-0.15, -0.1) is 0 Å². The molecular weight excluding hydrogens is 537 g/mol. The number of nitrogens with one attached hydrogen (secondary N) is 1. The maximum absolute atomic E-state index is 13.8. The molecule has 40 heavy (non-hydrogen) atoms. The van der Waals surface area contributed by atoms with Gasteiger partial charge in [-0.2, -0.15) is 0 Å². The van der Waals surface area contributed by atoms with Gasteiger partial charge in [-0.05, 0) is 61.4 Å². The van der Waals surface area contributed by atoms with Gasteiger partial charge in [0, 0.05) is 19.2 Å². The largest absolute Gasteiger partial charge is 0.493 e. The number of nitrogens with zero attached hydrogens (tertiary/aromatic N) is 2. The van der Waals surface area contributed by atoms with Crippen molar-refractivity contribution in [1.82, 2.24) is 4.90 Å². The summed E-state index contributed by atoms with van der Waals surface area (Å²) in [6.07, 6.45) is 3.97. The first-order valence-electron chi connectivity index (χ1n) is 12.9. The van der Waals surface area contributed by atoms with E-state index in [0.29, 0.717) is 24.4 Å². The lowest BCUT2D eigenvalue weighted by Gasteiger charge is -2.25. The summed E-state index contributed by atoms with van der Waals surface area (Å²) in [6, 6.07) is 15.5. The monoisotopic (exact) mass is 569 g/mol. The Balaban J connectivity index is 1.63. The zero-order valence-electron chi connectivity index (χ0n) is 22.4. The first kappa shape index (κ1) is 28.9. The molecule has 9 nitrogen and oxygen atoms in total. The SMILES string of the molecule is COc1ccc(S(=O)(=O)N(CC(=O)Nc2ccccc2C(=O)N2CCCCCC2)c2ccc(F)cc2)cc1OC. The molecule has 0 radical (unpaired) electrons. The van der Waals surface area contributed by atoms with Crippen molar-refractivity contribution in [2.45, 2.75) is 30.6 Å². The summed E-state index contributed by atoms with van der Waals surface area (Å²) in [5.74, 6) is -0.903. The Morgan fingerprint density at radius 3 is 2.20 bits per heavy atom. The zero-order valence-corrected chi connectivity index (χ0v) is 23.2. The van der Waals surface area contributed by atoms with Crippen LogP contribution in [0.5, 0.6) is 11.5 Å². The highest BCUT2D eigenvalue weighted by Gasteiger charge is 2.29. The van der Waals surface area contributed by atoms with Crippen molar-refractivity contribution < 1.29 is 31.9 Å². The lowest BCUT2D eigenvalue weighted by Crippen LogP contribution is -2.38. The third-order valence-corrected chi connectivity index (χ3v) is 8.44. The van der Waals surface area contributed by atoms with E-state index in [1.165, 1.54) is 44.6 Å². The Hall–Kier alpha value is -4.12. The maximum atomic E-state index is 13.8. The average molecular weight is 570 g/mol. The second-order valence-electron chi connectivity index (χ2n) is 9.31. The number of hydrogen-bond donors (Lipinski definition) is 1. The van der Waals surface area contributed by atoms with Gasteiger partial charge in [-0.1, -0.05) is 25.0 Å². The van der Waals surface area contributed by atoms with Gasteiger partial charge in [0.1, 0.15) is 12.4 Å². The molecule has 0 aliphatic carbocycles. The number of rotatable bonds is 9. The second kappa shape index (κ2) is 12.8. The molecule has 2 amide bonds. The van der Waals surface area contributed by atoms with Crippen LogP contribution in [0.1, 0.15) is 36.0 Å². The molecule has 212 valence electrons. The predicted octanol–water partition coefficient (Wildman–Crippen LogP) is 4.69. The number of ether oxygens (including phenoxy) is 2. The molecule has 1 N–H and O–H groups in total. The highest BCUT2D eigenvalue weighted by Crippen LogP contribution is 2.32. The van der Waals surface area contributed by atoms with Gasteiger partial charge in [0.05, 0.1) is 36.1 Å². The van der Waals surface area contributed by atoms with Crippen molar-refractivity contribution in [3.8, 4) is 11.5 Å². The van der Waals surface area contributed by atoms with Crippen molar-refractivity contribution in [2.24, 2.45) is 0 Å². The van der Waals surface area contributed by atoms with E-state index in [2.05, 4.69) is 5.32 Å². The first-order chi connectivity index (χ1) is 19.2. The summed E-state index contributed by atoms with van der Waals surface area (Å²) in [4.78, 5) is 28.2. The Bertz CT molecular complexity index is 1450. The Morgan fingerprint density at radius 2 is 1.55 bits per heavy atom. The average Bonchev–Trinajstić information content (AvgIpc) is 3.26. The number of sulfonamides is 1. The van der Waals surface area contributed by atoms with Gasteiger partial charge >= 0.3 is 0 Å². The molecular formula is C29H32FN3O6S. The van der Waals surface area contributed by atoms with Gasteiger partial charge in [-0.3, -0.25) is 13.9 Å². The normalized spacial score (nSPS) is 13.7. The maximum Gasteiger partial charge on any atom is 0.264 e. The zero-order chi connectivity index (χ0) is 28.7. The summed E-state index contributed by atoms with van der Waals surface area (Å²) in [5, 5.41) is 2.71. The minimum absolute atomic E-state index is 0.0836. The van der Waals surface area contributed by atoms with Crippen LogP contribution in [0.25, 0.3) is 0 Å². The van der Waals surface area contributed by atoms with Gasteiger partial charge < -0.3 is 19.7 Å². The molecule has 0 spiro atoms. The molecule has 0 atom stereocenters. The molecule has 1 fully saturated rings. The van der Waals surface area contributed by atoms with E-state index in [4.69, 9.17) is 9.47 Å². The third-order valence-electron chi connectivity index (χ3n) is 6.67. The van der Waals surface area contributed by atoms with E-state index in [0.717, 1.165) is 42.1 Å². The van der Waals surface area contributed by atoms with Crippen LogP contribution in [0.15, 0.2) is 71.6 Å². The van der Waals surface area contributed by atoms with Crippen molar-refractivity contribution in [3.63, 3.8) is 0 Å². The van der Waals surface area contributed by atoms with Crippen LogP contribution < -0.4 is 19.1 Å². The predicted molar refractivity (Wildman–Crippen MR) is 150 cm³/mol. The number of carbonyl (C=O) groups is 2. The van der Waals surface area contributed by atoms with Crippen molar-refractivity contribution in [2.75, 3.05) is 43.5 Å². The Morgan fingerprint density at radius 1 is 0.900 bits per heavy atom. The third kappa shape index (κ3) is 6.53. The molecule has 0 saturated carbocycles. The number of anilines is 2. The topological polar surface area (TPSA) is 105 Å². The number of benzene rings is 3. The number of hydrogen-bond acceptors (Lipinski definition) is 6. The fourth-order valence-electron chi connectivity index (χ4n) is 4.57. The minimum Gasteiger partial charge on any atom is -0.493 e. The van der Waals surface area contributed by atoms with Crippen LogP contribution in [0.3, 0.4) is 0 Å². The standard InChI is InChI=1S/C29H32FN3O6S/c1-38-26-16-15-23(19-27(26)39-2)40(36,37)33(22-13-11-21(30)12-14-22)20-28(34)31-25-10-6-5-9-24(25)29(35)32-17-7-3-4-8-18-32/h5-6,9-16,19H,3-4,7-8,17-18,20H2,1-2H3,(H,31,34). The molecule has 1 heterocycles. The van der Waals surface area contributed by atoms with Crippen LogP contribution in [0.4, 0.5) is 15.8 Å². The van der Waals surface area contributed by atoms with E-state index < -0.39 is 28.3 Å². The first-order valence-corrected chi connectivity index (χ1v) is 14.4. The van der Waals surface area contributed by atoms with Crippen LogP contribution >= 0.6 is 0 Å². The number of carbonyl (C=O) groups excluding carboxylic acids is 2. The smallest absolute Gasteiger partial charge is 0.264 e. The van der Waals surface area contributed by atoms with Gasteiger partial charge in [0.25, 0.3) is 15.9 Å². The van der Waals surface area contributed by atoms with Gasteiger partial charge in [-0.25, -0.2) is 12.8 Å². The summed E-state index contributed by atoms with van der Waals surface area (Å²) in [5.41, 5.74) is 0.693. The molecule has 1 aliphatic heterocycles. The van der Waals surface area contributed by atoms with E-state index in [-0.39, 0.29) is 27.9 Å². The molecule has 3 aromatic rings. The summed E-state index contributed by atoms with van der Waals surface area (Å²) in [6.45, 7) is 0.653. The van der Waals surface area contributed by atoms with Gasteiger partial charge in [0.2, 0.25) is 5.91 Å². The lowest BCUT2D eigenvalue weighted by molar-refractivity contribution is -0.114. The number of likely N-dealkylation sites (tertiary alicyclic amines) is 1. The summed E-state index contributed by atoms with van der Waals surface area (Å²) >= 11 is 0. The molecule has 0 aromatic heterocycles. The molecule has 0 bridgehead atoms. The fraction of sp³-hybridized carbons (Fsp3) is 0.310. The Kier molecular flexibility index (Phi) is 9.26. The van der Waals surface area contributed by atoms with E-state index in [9.17, 15) is 22.4 Å². The summed E-state index contributed by atoms with van der Waals surface area (Å²) < 4.78 is 52.6. The van der Waals surface area contributed by atoms with Crippen molar-refractivity contribution in [1.29, 1.82) is 0 Å². The van der Waals surface area contributed by atoms with Crippen molar-refractivity contribution in [3.05, 3.63) is 78.1 Å². The minimum atomic E-state index is -4.32. The number of halogens is 1. The van der Waals surface area contributed by atoms with E-state index >= 15 is 0 Å². The molecule has 0 unspecified atom stereocenters. The van der Waals surface area contributed by atoms with E-state index in [1.807, 2.05) is 0 Å². The van der Waals surface area contributed by atoms with Crippen LogP contribution in [-0.4, -0.2) is 59.0 Å². The quantitative estimate of drug-likeness (QED) is 0.401. The highest BCUT2D eigenvalue weighted by molar-refractivity contribution is 7.92. The Labute approximate surface area is 233 Å². The van der Waals surface area contributed by atoms with Gasteiger partial charge in [0.15, 0.2) is 11.5 Å². The van der Waals surface area contributed by atoms with Crippen LogP contribution in [0.2, 0.25) is 0 Å². The fourth-order valence-corrected chi connectivity index (χ4v) is 6.01. The molecule has 1 saturated heterocycles. The number of para-hydroxylation sites is 1. The van der Waals surface area contributed by atoms with Crippen molar-refractivity contribution >= 4 is 33.2 Å². The molecule has 11 heteroatoms. The summed E-state index contributed by atoms with van der Waals surface area (Å²) in [7, 11) is -1.51. The molecule has 1 aliphatic rings. The molecule has 3 aromatic carbocycles. The molecule has 4 rings (SSSR count). The number of amides is 2. The lowest BCUT2D eigenvalue weighted by atomic mass is 10.1. The van der Waals surface area contributed by atoms with Crippen LogP contribution in [-0.2, 0) is 14.8 Å². The van der Waals surface area contributed by atoms with E-state index in [1.54, 1.807) is 29.2 Å². The number of methoxy groups -OCH3 is 2.